The minimum absolute atomic E-state index is 0.0573. The molecule has 3 heteroatoms. The summed E-state index contributed by atoms with van der Waals surface area (Å²) in [6.45, 7) is 3.93. The van der Waals surface area contributed by atoms with Crippen LogP contribution in [-0.2, 0) is 0 Å². The van der Waals surface area contributed by atoms with E-state index in [0.717, 1.165) is 10.9 Å². The Morgan fingerprint density at radius 3 is 2.94 bits per heavy atom. The summed E-state index contributed by atoms with van der Waals surface area (Å²) in [5, 5.41) is 9.87. The zero-order valence-electron chi connectivity index (χ0n) is 8.89. The molecular weight excluding hydrogens is 202 g/mol. The van der Waals surface area contributed by atoms with Gasteiger partial charge >= 0.3 is 0 Å². The van der Waals surface area contributed by atoms with Crippen molar-refractivity contribution in [2.24, 2.45) is 0 Å². The van der Waals surface area contributed by atoms with Crippen LogP contribution in [0.25, 0.3) is 10.9 Å². The zero-order chi connectivity index (χ0) is 11.4. The van der Waals surface area contributed by atoms with Crippen molar-refractivity contribution >= 4 is 10.9 Å². The molecule has 0 bridgehead atoms. The third-order valence-corrected chi connectivity index (χ3v) is 2.25. The molecule has 0 unspecified atom stereocenters. The van der Waals surface area contributed by atoms with Gasteiger partial charge in [0.05, 0.1) is 6.61 Å². The maximum Gasteiger partial charge on any atom is 0.146 e. The number of aromatic nitrogens is 1. The van der Waals surface area contributed by atoms with Crippen LogP contribution in [0.1, 0.15) is 0 Å². The molecule has 1 aromatic carbocycles. The van der Waals surface area contributed by atoms with Crippen molar-refractivity contribution in [3.8, 4) is 5.75 Å². The van der Waals surface area contributed by atoms with Crippen molar-refractivity contribution in [2.75, 3.05) is 13.2 Å². The second kappa shape index (κ2) is 4.77. The zero-order valence-corrected chi connectivity index (χ0v) is 8.89. The van der Waals surface area contributed by atoms with Crippen LogP contribution in [0.2, 0.25) is 0 Å². The van der Waals surface area contributed by atoms with Crippen molar-refractivity contribution in [1.29, 1.82) is 0 Å². The minimum atomic E-state index is -0.0573. The summed E-state index contributed by atoms with van der Waals surface area (Å²) in [6.07, 6.45) is 1.73. The Balaban J connectivity index is 2.27. The molecule has 0 amide bonds. The first-order chi connectivity index (χ1) is 7.81. The molecule has 0 saturated carbocycles. The lowest BCUT2D eigenvalue weighted by atomic mass is 10.2. The Hall–Kier alpha value is -1.87. The van der Waals surface area contributed by atoms with Crippen molar-refractivity contribution < 1.29 is 9.84 Å². The molecule has 0 aliphatic heterocycles. The number of hydrogen-bond acceptors (Lipinski definition) is 3. The summed E-state index contributed by atoms with van der Waals surface area (Å²) >= 11 is 0. The number of pyridine rings is 1. The lowest BCUT2D eigenvalue weighted by Crippen LogP contribution is -2.03. The van der Waals surface area contributed by atoms with E-state index in [1.807, 2.05) is 30.3 Å². The van der Waals surface area contributed by atoms with E-state index in [1.165, 1.54) is 0 Å². The molecule has 2 aromatic rings. The number of benzene rings is 1. The van der Waals surface area contributed by atoms with Gasteiger partial charge in [0, 0.05) is 11.6 Å². The maximum atomic E-state index is 8.83. The summed E-state index contributed by atoms with van der Waals surface area (Å²) in [4.78, 5) is 4.27. The molecule has 16 heavy (non-hydrogen) atoms. The number of aliphatic hydroxyl groups excluding tert-OH is 1. The fraction of sp³-hybridized carbons (Fsp3) is 0.154. The number of hydrogen-bond donors (Lipinski definition) is 1. The number of fused-ring (bicyclic) bond motifs is 1. The maximum absolute atomic E-state index is 8.83. The highest BCUT2D eigenvalue weighted by atomic mass is 16.5. The summed E-state index contributed by atoms with van der Waals surface area (Å²) in [7, 11) is 0. The van der Waals surface area contributed by atoms with Crippen LogP contribution in [0, 0.1) is 0 Å². The largest absolute Gasteiger partial charge is 0.487 e. The van der Waals surface area contributed by atoms with Crippen LogP contribution in [0.15, 0.2) is 48.7 Å². The molecule has 0 atom stereocenters. The predicted molar refractivity (Wildman–Crippen MR) is 63.5 cm³/mol. The van der Waals surface area contributed by atoms with Crippen molar-refractivity contribution in [3.05, 3.63) is 48.7 Å². The van der Waals surface area contributed by atoms with Crippen LogP contribution in [0.3, 0.4) is 0 Å². The Labute approximate surface area is 94.0 Å². The number of ether oxygens (including phenoxy) is 1. The minimum Gasteiger partial charge on any atom is -0.487 e. The first-order valence-electron chi connectivity index (χ1n) is 5.05. The number of aliphatic hydroxyl groups is 1. The summed E-state index contributed by atoms with van der Waals surface area (Å²) in [5.41, 5.74) is 1.48. The highest BCUT2D eigenvalue weighted by Crippen LogP contribution is 2.23. The Morgan fingerprint density at radius 2 is 2.12 bits per heavy atom. The molecule has 1 aromatic heterocycles. The molecule has 0 aliphatic carbocycles. The molecule has 0 fully saturated rings. The molecular formula is C13H13NO2. The Morgan fingerprint density at radius 1 is 1.31 bits per heavy atom. The van der Waals surface area contributed by atoms with Gasteiger partial charge in [0.1, 0.15) is 17.9 Å². The van der Waals surface area contributed by atoms with E-state index in [-0.39, 0.29) is 6.61 Å². The van der Waals surface area contributed by atoms with Gasteiger partial charge in [-0.3, -0.25) is 4.98 Å². The van der Waals surface area contributed by atoms with Crippen LogP contribution in [-0.4, -0.2) is 23.3 Å². The highest BCUT2D eigenvalue weighted by Gasteiger charge is 2.02. The quantitative estimate of drug-likeness (QED) is 0.795. The fourth-order valence-corrected chi connectivity index (χ4v) is 1.42. The molecule has 0 radical (unpaired) electrons. The van der Waals surface area contributed by atoms with E-state index in [0.29, 0.717) is 17.9 Å². The van der Waals surface area contributed by atoms with E-state index in [4.69, 9.17) is 9.84 Å². The third kappa shape index (κ3) is 2.20. The van der Waals surface area contributed by atoms with Gasteiger partial charge in [0.25, 0.3) is 0 Å². The first kappa shape index (κ1) is 10.6. The molecule has 0 spiro atoms. The monoisotopic (exact) mass is 215 g/mol. The smallest absolute Gasteiger partial charge is 0.146 e. The second-order valence-corrected chi connectivity index (χ2v) is 3.53. The standard InChI is InChI=1S/C13H13NO2/c1-10(8-15)9-16-12-6-2-4-11-5-3-7-14-13(11)12/h2-7,15H,1,8-9H2. The van der Waals surface area contributed by atoms with Crippen LogP contribution < -0.4 is 4.74 Å². The first-order valence-corrected chi connectivity index (χ1v) is 5.05. The molecule has 1 N–H and O–H groups in total. The van der Waals surface area contributed by atoms with Gasteiger partial charge in [-0.05, 0) is 17.7 Å². The molecule has 0 aliphatic rings. The average Bonchev–Trinajstić information content (AvgIpc) is 2.35. The Kier molecular flexibility index (Phi) is 3.17. The molecule has 82 valence electrons. The fourth-order valence-electron chi connectivity index (χ4n) is 1.42. The Bertz CT molecular complexity index is 503. The molecule has 2 rings (SSSR count). The lowest BCUT2D eigenvalue weighted by Gasteiger charge is -2.08. The topological polar surface area (TPSA) is 42.4 Å². The van der Waals surface area contributed by atoms with E-state index in [2.05, 4.69) is 11.6 Å². The van der Waals surface area contributed by atoms with Gasteiger partial charge in [-0.1, -0.05) is 24.8 Å². The van der Waals surface area contributed by atoms with E-state index >= 15 is 0 Å². The number of nitrogens with zero attached hydrogens (tertiary/aromatic N) is 1. The van der Waals surface area contributed by atoms with Crippen molar-refractivity contribution in [1.82, 2.24) is 4.98 Å². The van der Waals surface area contributed by atoms with Gasteiger partial charge in [-0.2, -0.15) is 0 Å². The van der Waals surface area contributed by atoms with Gasteiger partial charge in [-0.25, -0.2) is 0 Å². The van der Waals surface area contributed by atoms with Crippen molar-refractivity contribution in [3.63, 3.8) is 0 Å². The van der Waals surface area contributed by atoms with Gasteiger partial charge in [0.2, 0.25) is 0 Å². The molecule has 3 nitrogen and oxygen atoms in total. The molecule has 1 heterocycles. The number of para-hydroxylation sites is 1. The highest BCUT2D eigenvalue weighted by molar-refractivity contribution is 5.84. The average molecular weight is 215 g/mol. The van der Waals surface area contributed by atoms with Crippen molar-refractivity contribution in [2.45, 2.75) is 0 Å². The van der Waals surface area contributed by atoms with Gasteiger partial charge in [-0.15, -0.1) is 0 Å². The van der Waals surface area contributed by atoms with Crippen LogP contribution in [0.5, 0.6) is 5.75 Å². The molecule has 0 saturated heterocycles. The van der Waals surface area contributed by atoms with E-state index in [1.54, 1.807) is 6.20 Å². The summed E-state index contributed by atoms with van der Waals surface area (Å²) in [5.74, 6) is 0.715. The second-order valence-electron chi connectivity index (χ2n) is 3.53. The predicted octanol–water partition coefficient (Wildman–Crippen LogP) is 2.16. The summed E-state index contributed by atoms with van der Waals surface area (Å²) < 4.78 is 5.55. The van der Waals surface area contributed by atoms with Gasteiger partial charge in [0.15, 0.2) is 0 Å². The third-order valence-electron chi connectivity index (χ3n) is 2.25. The van der Waals surface area contributed by atoms with Crippen LogP contribution >= 0.6 is 0 Å². The summed E-state index contributed by atoms with van der Waals surface area (Å²) in [6, 6.07) is 9.63. The van der Waals surface area contributed by atoms with E-state index in [9.17, 15) is 0 Å². The van der Waals surface area contributed by atoms with E-state index < -0.39 is 0 Å². The van der Waals surface area contributed by atoms with Gasteiger partial charge < -0.3 is 9.84 Å². The normalized spacial score (nSPS) is 10.3. The van der Waals surface area contributed by atoms with Crippen LogP contribution in [0.4, 0.5) is 0 Å². The lowest BCUT2D eigenvalue weighted by molar-refractivity contribution is 0.290. The number of rotatable bonds is 4. The SMILES string of the molecule is C=C(CO)COc1cccc2cccnc12.